The molecule has 0 unspecified atom stereocenters. The maximum atomic E-state index is 11.6. The van der Waals surface area contributed by atoms with Gasteiger partial charge < -0.3 is 4.74 Å². The highest BCUT2D eigenvalue weighted by Crippen LogP contribution is 2.23. The van der Waals surface area contributed by atoms with Crippen molar-refractivity contribution in [1.82, 2.24) is 4.98 Å². The smallest absolute Gasteiger partial charge is 0.311 e. The van der Waals surface area contributed by atoms with E-state index in [1.807, 2.05) is 66.0 Å². The molecule has 0 atom stereocenters. The van der Waals surface area contributed by atoms with Gasteiger partial charge in [0.05, 0.1) is 24.4 Å². The largest absolute Gasteiger partial charge is 0.466 e. The molecule has 3 rings (SSSR count). The summed E-state index contributed by atoms with van der Waals surface area (Å²) in [5.41, 5.74) is 3.59. The fourth-order valence-electron chi connectivity index (χ4n) is 2.37. The lowest BCUT2D eigenvalue weighted by Gasteiger charge is -2.06. The standard InChI is InChI=1S/C20H18N2O2S/c1-2-24-18(23)13-17-14-25-20(21-17)22-19(15-9-5-3-6-10-15)16-11-7-4-8-12-16/h3-12,14H,2,13H2,1H3. The van der Waals surface area contributed by atoms with Gasteiger partial charge in [0.25, 0.3) is 0 Å². The Morgan fingerprint density at radius 2 is 1.64 bits per heavy atom. The van der Waals surface area contributed by atoms with Crippen LogP contribution in [0, 0.1) is 0 Å². The van der Waals surface area contributed by atoms with Gasteiger partial charge in [-0.15, -0.1) is 11.3 Å². The maximum Gasteiger partial charge on any atom is 0.311 e. The second kappa shape index (κ2) is 8.35. The third-order valence-corrected chi connectivity index (χ3v) is 4.26. The van der Waals surface area contributed by atoms with E-state index in [1.165, 1.54) is 11.3 Å². The minimum absolute atomic E-state index is 0.172. The second-order valence-electron chi connectivity index (χ2n) is 5.30. The zero-order valence-corrected chi connectivity index (χ0v) is 14.7. The van der Waals surface area contributed by atoms with Crippen molar-refractivity contribution in [1.29, 1.82) is 0 Å². The Hall–Kier alpha value is -2.79. The second-order valence-corrected chi connectivity index (χ2v) is 6.13. The van der Waals surface area contributed by atoms with E-state index in [4.69, 9.17) is 9.73 Å². The van der Waals surface area contributed by atoms with Crippen LogP contribution in [0.3, 0.4) is 0 Å². The number of thiazole rings is 1. The van der Waals surface area contributed by atoms with Gasteiger partial charge in [-0.1, -0.05) is 60.7 Å². The minimum atomic E-state index is -0.269. The van der Waals surface area contributed by atoms with Crippen LogP contribution in [-0.2, 0) is 16.0 Å². The predicted octanol–water partition coefficient (Wildman–Crippen LogP) is 4.42. The van der Waals surface area contributed by atoms with Crippen LogP contribution in [0.25, 0.3) is 0 Å². The van der Waals surface area contributed by atoms with Crippen LogP contribution >= 0.6 is 11.3 Å². The summed E-state index contributed by atoms with van der Waals surface area (Å²) in [6, 6.07) is 20.0. The van der Waals surface area contributed by atoms with Crippen LogP contribution in [0.1, 0.15) is 23.7 Å². The van der Waals surface area contributed by atoms with Crippen molar-refractivity contribution in [3.63, 3.8) is 0 Å². The first-order valence-corrected chi connectivity index (χ1v) is 8.94. The van der Waals surface area contributed by atoms with Gasteiger partial charge in [0, 0.05) is 16.5 Å². The lowest BCUT2D eigenvalue weighted by atomic mass is 10.0. The first-order chi connectivity index (χ1) is 12.3. The van der Waals surface area contributed by atoms with E-state index in [2.05, 4.69) is 4.98 Å². The van der Waals surface area contributed by atoms with Crippen LogP contribution in [-0.4, -0.2) is 23.3 Å². The molecule has 0 bridgehead atoms. The molecule has 0 amide bonds. The summed E-state index contributed by atoms with van der Waals surface area (Å²) in [5.74, 6) is -0.269. The van der Waals surface area contributed by atoms with Crippen LogP contribution in [0.15, 0.2) is 71.0 Å². The van der Waals surface area contributed by atoms with E-state index in [1.54, 1.807) is 6.92 Å². The number of nitrogens with zero attached hydrogens (tertiary/aromatic N) is 2. The van der Waals surface area contributed by atoms with Gasteiger partial charge in [-0.05, 0) is 6.92 Å². The van der Waals surface area contributed by atoms with Crippen molar-refractivity contribution >= 4 is 28.1 Å². The van der Waals surface area contributed by atoms with Crippen LogP contribution in [0.5, 0.6) is 0 Å². The molecule has 0 N–H and O–H groups in total. The number of aromatic nitrogens is 1. The van der Waals surface area contributed by atoms with Gasteiger partial charge in [-0.3, -0.25) is 4.79 Å². The molecule has 0 aliphatic heterocycles. The van der Waals surface area contributed by atoms with Gasteiger partial charge in [-0.25, -0.2) is 9.98 Å². The number of hydrogen-bond acceptors (Lipinski definition) is 5. The molecule has 1 heterocycles. The van der Waals surface area contributed by atoms with E-state index >= 15 is 0 Å². The molecular formula is C20H18N2O2S. The van der Waals surface area contributed by atoms with Crippen molar-refractivity contribution in [3.05, 3.63) is 82.9 Å². The molecule has 1 aromatic heterocycles. The van der Waals surface area contributed by atoms with Crippen molar-refractivity contribution in [3.8, 4) is 0 Å². The molecular weight excluding hydrogens is 332 g/mol. The molecule has 126 valence electrons. The molecule has 0 saturated carbocycles. The predicted molar refractivity (Wildman–Crippen MR) is 101 cm³/mol. The topological polar surface area (TPSA) is 51.5 Å². The highest BCUT2D eigenvalue weighted by molar-refractivity contribution is 7.13. The molecule has 25 heavy (non-hydrogen) atoms. The monoisotopic (exact) mass is 350 g/mol. The molecule has 4 nitrogen and oxygen atoms in total. The van der Waals surface area contributed by atoms with Crippen LogP contribution in [0.2, 0.25) is 0 Å². The van der Waals surface area contributed by atoms with Crippen molar-refractivity contribution in [2.24, 2.45) is 4.99 Å². The Bertz CT molecular complexity index is 816. The number of hydrogen-bond donors (Lipinski definition) is 0. The number of aliphatic imine (C=N–C) groups is 1. The van der Waals surface area contributed by atoms with Gasteiger partial charge in [0.1, 0.15) is 0 Å². The molecule has 3 aromatic rings. The van der Waals surface area contributed by atoms with E-state index in [9.17, 15) is 4.79 Å². The molecule has 2 aromatic carbocycles. The summed E-state index contributed by atoms with van der Waals surface area (Å²) in [6.07, 6.45) is 0.172. The zero-order valence-electron chi connectivity index (χ0n) is 13.9. The summed E-state index contributed by atoms with van der Waals surface area (Å²) >= 11 is 1.42. The quantitative estimate of drug-likeness (QED) is 0.488. The summed E-state index contributed by atoms with van der Waals surface area (Å²) in [4.78, 5) is 20.8. The van der Waals surface area contributed by atoms with E-state index in [0.29, 0.717) is 17.4 Å². The van der Waals surface area contributed by atoms with Gasteiger partial charge in [0.15, 0.2) is 0 Å². The van der Waals surface area contributed by atoms with E-state index in [-0.39, 0.29) is 12.4 Å². The maximum absolute atomic E-state index is 11.6. The highest BCUT2D eigenvalue weighted by Gasteiger charge is 2.11. The Balaban J connectivity index is 1.92. The lowest BCUT2D eigenvalue weighted by molar-refractivity contribution is -0.142. The Morgan fingerprint density at radius 1 is 1.04 bits per heavy atom. The Labute approximate surface area is 150 Å². The number of carbonyl (C=O) groups excluding carboxylic acids is 1. The number of rotatable bonds is 6. The third-order valence-electron chi connectivity index (χ3n) is 3.47. The average Bonchev–Trinajstić information content (AvgIpc) is 3.08. The summed E-state index contributed by atoms with van der Waals surface area (Å²) < 4.78 is 4.96. The summed E-state index contributed by atoms with van der Waals surface area (Å²) in [6.45, 7) is 2.17. The number of carbonyl (C=O) groups is 1. The highest BCUT2D eigenvalue weighted by atomic mass is 32.1. The molecule has 0 aliphatic rings. The fraction of sp³-hybridized carbons (Fsp3) is 0.150. The minimum Gasteiger partial charge on any atom is -0.466 e. The Kier molecular flexibility index (Phi) is 5.69. The normalized spacial score (nSPS) is 10.3. The number of esters is 1. The zero-order chi connectivity index (χ0) is 17.5. The lowest BCUT2D eigenvalue weighted by Crippen LogP contribution is -2.07. The SMILES string of the molecule is CCOC(=O)Cc1csc(N=C(c2ccccc2)c2ccccc2)n1. The van der Waals surface area contributed by atoms with E-state index in [0.717, 1.165) is 16.8 Å². The molecule has 0 spiro atoms. The van der Waals surface area contributed by atoms with Gasteiger partial charge in [-0.2, -0.15) is 0 Å². The Morgan fingerprint density at radius 3 is 2.20 bits per heavy atom. The van der Waals surface area contributed by atoms with Crippen molar-refractivity contribution in [2.75, 3.05) is 6.61 Å². The van der Waals surface area contributed by atoms with Gasteiger partial charge >= 0.3 is 5.97 Å². The number of ether oxygens (including phenoxy) is 1. The fourth-order valence-corrected chi connectivity index (χ4v) is 3.06. The van der Waals surface area contributed by atoms with Crippen molar-refractivity contribution < 1.29 is 9.53 Å². The van der Waals surface area contributed by atoms with Crippen LogP contribution in [0.4, 0.5) is 5.13 Å². The third kappa shape index (κ3) is 4.61. The first-order valence-electron chi connectivity index (χ1n) is 8.06. The van der Waals surface area contributed by atoms with Gasteiger partial charge in [0.2, 0.25) is 5.13 Å². The summed E-state index contributed by atoms with van der Waals surface area (Å²) in [7, 11) is 0. The first kappa shape index (κ1) is 17.0. The average molecular weight is 350 g/mol. The molecule has 0 saturated heterocycles. The van der Waals surface area contributed by atoms with E-state index < -0.39 is 0 Å². The summed E-state index contributed by atoms with van der Waals surface area (Å²) in [5, 5.41) is 2.48. The number of benzene rings is 2. The molecule has 5 heteroatoms. The molecule has 0 fully saturated rings. The molecule has 0 aliphatic carbocycles. The molecule has 0 radical (unpaired) electrons. The van der Waals surface area contributed by atoms with Crippen molar-refractivity contribution in [2.45, 2.75) is 13.3 Å². The van der Waals surface area contributed by atoms with Crippen LogP contribution < -0.4 is 0 Å².